The number of rotatable bonds is 7. The lowest BCUT2D eigenvalue weighted by Gasteiger charge is -2.11. The van der Waals surface area contributed by atoms with Gasteiger partial charge in [-0.25, -0.2) is 0 Å². The normalized spacial score (nSPS) is 12.4. The van der Waals surface area contributed by atoms with E-state index in [2.05, 4.69) is 33.1 Å². The highest BCUT2D eigenvalue weighted by atomic mass is 79.9. The first kappa shape index (κ1) is 16.0. The van der Waals surface area contributed by atoms with Gasteiger partial charge in [0.2, 0.25) is 5.89 Å². The van der Waals surface area contributed by atoms with Crippen molar-refractivity contribution in [1.29, 1.82) is 0 Å². The third-order valence-corrected chi connectivity index (χ3v) is 3.80. The van der Waals surface area contributed by atoms with Gasteiger partial charge in [0.25, 0.3) is 5.89 Å². The van der Waals surface area contributed by atoms with Crippen LogP contribution in [0.1, 0.15) is 37.6 Å². The molecule has 5 nitrogen and oxygen atoms in total. The zero-order chi connectivity index (χ0) is 15.2. The maximum atomic E-state index is 5.97. The highest BCUT2D eigenvalue weighted by Gasteiger charge is 2.09. The van der Waals surface area contributed by atoms with E-state index in [-0.39, 0.29) is 12.6 Å². The van der Waals surface area contributed by atoms with E-state index in [0.717, 1.165) is 29.5 Å². The van der Waals surface area contributed by atoms with Gasteiger partial charge < -0.3 is 14.9 Å². The molecule has 2 rings (SSSR count). The van der Waals surface area contributed by atoms with Crippen LogP contribution >= 0.6 is 15.9 Å². The number of benzene rings is 1. The Morgan fingerprint density at radius 1 is 1.29 bits per heavy atom. The molecule has 1 aromatic carbocycles. The van der Waals surface area contributed by atoms with E-state index in [1.807, 2.05) is 25.1 Å². The Kier molecular flexibility index (Phi) is 5.76. The Labute approximate surface area is 133 Å². The summed E-state index contributed by atoms with van der Waals surface area (Å²) < 4.78 is 12.0. The summed E-state index contributed by atoms with van der Waals surface area (Å²) in [5.41, 5.74) is 7.16. The number of hydrogen-bond acceptors (Lipinski definition) is 5. The van der Waals surface area contributed by atoms with Crippen LogP contribution in [0.5, 0.6) is 5.75 Å². The third kappa shape index (κ3) is 4.54. The molecule has 0 radical (unpaired) electrons. The maximum absolute atomic E-state index is 5.97. The average molecular weight is 354 g/mol. The number of nitrogens with two attached hydrogens (primary N) is 1. The quantitative estimate of drug-likeness (QED) is 0.826. The van der Waals surface area contributed by atoms with E-state index >= 15 is 0 Å². The van der Waals surface area contributed by atoms with Crippen LogP contribution < -0.4 is 10.5 Å². The minimum Gasteiger partial charge on any atom is -0.483 e. The molecule has 0 aliphatic carbocycles. The predicted molar refractivity (Wildman–Crippen MR) is 84.1 cm³/mol. The molecule has 21 heavy (non-hydrogen) atoms. The Balaban J connectivity index is 1.97. The van der Waals surface area contributed by atoms with Crippen LogP contribution in [-0.2, 0) is 19.4 Å². The third-order valence-electron chi connectivity index (χ3n) is 3.18. The highest BCUT2D eigenvalue weighted by Crippen LogP contribution is 2.27. The summed E-state index contributed by atoms with van der Waals surface area (Å²) in [5.74, 6) is 1.85. The molecule has 114 valence electrons. The van der Waals surface area contributed by atoms with Gasteiger partial charge in [-0.1, -0.05) is 19.9 Å². The molecule has 6 heteroatoms. The lowest BCUT2D eigenvalue weighted by molar-refractivity contribution is 0.258. The molecule has 1 atom stereocenters. The van der Waals surface area contributed by atoms with Gasteiger partial charge in [-0.05, 0) is 46.5 Å². The van der Waals surface area contributed by atoms with Crippen molar-refractivity contribution in [3.63, 3.8) is 0 Å². The van der Waals surface area contributed by atoms with Crippen LogP contribution in [0.4, 0.5) is 0 Å². The molecular weight excluding hydrogens is 334 g/mol. The van der Waals surface area contributed by atoms with Gasteiger partial charge in [-0.15, -0.1) is 10.2 Å². The lowest BCUT2D eigenvalue weighted by atomic mass is 10.0. The minimum absolute atomic E-state index is 0.189. The molecule has 1 heterocycles. The molecule has 0 spiro atoms. The van der Waals surface area contributed by atoms with Gasteiger partial charge in [0.1, 0.15) is 5.75 Å². The summed E-state index contributed by atoms with van der Waals surface area (Å²) in [6, 6.07) is 6.19. The van der Waals surface area contributed by atoms with Crippen molar-refractivity contribution in [2.24, 2.45) is 5.73 Å². The fourth-order valence-electron chi connectivity index (χ4n) is 1.86. The molecule has 1 unspecified atom stereocenters. The largest absolute Gasteiger partial charge is 0.483 e. The Bertz CT molecular complexity index is 586. The molecule has 0 saturated heterocycles. The number of aryl methyl sites for hydroxylation is 1. The fraction of sp³-hybridized carbons (Fsp3) is 0.467. The van der Waals surface area contributed by atoms with E-state index < -0.39 is 0 Å². The molecule has 2 aromatic rings. The molecule has 0 saturated carbocycles. The van der Waals surface area contributed by atoms with Crippen LogP contribution in [0.15, 0.2) is 27.1 Å². The number of nitrogens with zero attached hydrogens (tertiary/aromatic N) is 2. The van der Waals surface area contributed by atoms with E-state index in [4.69, 9.17) is 14.9 Å². The van der Waals surface area contributed by atoms with Crippen LogP contribution in [0.2, 0.25) is 0 Å². The zero-order valence-corrected chi connectivity index (χ0v) is 13.9. The Morgan fingerprint density at radius 3 is 2.67 bits per heavy atom. The van der Waals surface area contributed by atoms with Crippen LogP contribution in [0.25, 0.3) is 0 Å². The topological polar surface area (TPSA) is 74.2 Å². The van der Waals surface area contributed by atoms with E-state index in [1.54, 1.807) is 0 Å². The molecule has 1 aromatic heterocycles. The fourth-order valence-corrected chi connectivity index (χ4v) is 2.41. The first-order valence-electron chi connectivity index (χ1n) is 7.10. The van der Waals surface area contributed by atoms with Gasteiger partial charge in [-0.3, -0.25) is 0 Å². The molecule has 0 amide bonds. The second kappa shape index (κ2) is 7.56. The van der Waals surface area contributed by atoms with Crippen molar-refractivity contribution in [2.75, 3.05) is 0 Å². The summed E-state index contributed by atoms with van der Waals surface area (Å²) in [7, 11) is 0. The minimum atomic E-state index is 0.189. The van der Waals surface area contributed by atoms with Crippen LogP contribution in [0, 0.1) is 0 Å². The molecule has 0 bridgehead atoms. The van der Waals surface area contributed by atoms with Gasteiger partial charge in [-0.2, -0.15) is 0 Å². The van der Waals surface area contributed by atoms with Crippen molar-refractivity contribution < 1.29 is 9.15 Å². The second-order valence-corrected chi connectivity index (χ2v) is 5.72. The average Bonchev–Trinajstić information content (AvgIpc) is 2.94. The van der Waals surface area contributed by atoms with Crippen molar-refractivity contribution >= 4 is 15.9 Å². The first-order valence-corrected chi connectivity index (χ1v) is 7.89. The monoisotopic (exact) mass is 353 g/mol. The molecular formula is C15H20BrN3O2. The summed E-state index contributed by atoms with van der Waals surface area (Å²) in [6.07, 6.45) is 2.55. The molecule has 0 fully saturated rings. The zero-order valence-electron chi connectivity index (χ0n) is 12.3. The van der Waals surface area contributed by atoms with Crippen molar-refractivity contribution in [1.82, 2.24) is 10.2 Å². The lowest BCUT2D eigenvalue weighted by Crippen LogP contribution is -2.21. The van der Waals surface area contributed by atoms with E-state index in [1.165, 1.54) is 5.56 Å². The predicted octanol–water partition coefficient (Wildman–Crippen LogP) is 3.25. The molecule has 0 aliphatic heterocycles. The smallest absolute Gasteiger partial charge is 0.253 e. The van der Waals surface area contributed by atoms with Crippen molar-refractivity contribution in [2.45, 2.75) is 45.8 Å². The maximum Gasteiger partial charge on any atom is 0.253 e. The summed E-state index contributed by atoms with van der Waals surface area (Å²) >= 11 is 3.52. The van der Waals surface area contributed by atoms with Gasteiger partial charge in [0, 0.05) is 12.5 Å². The summed E-state index contributed by atoms with van der Waals surface area (Å²) in [4.78, 5) is 0. The van der Waals surface area contributed by atoms with Crippen molar-refractivity contribution in [3.05, 3.63) is 40.0 Å². The van der Waals surface area contributed by atoms with Crippen molar-refractivity contribution in [3.8, 4) is 5.75 Å². The van der Waals surface area contributed by atoms with Crippen LogP contribution in [0.3, 0.4) is 0 Å². The molecule has 0 aliphatic rings. The SMILES string of the molecule is CCc1nnc(COc2ccc(CC(N)CC)cc2Br)o1. The highest BCUT2D eigenvalue weighted by molar-refractivity contribution is 9.10. The Hall–Kier alpha value is -1.40. The van der Waals surface area contributed by atoms with Gasteiger partial charge in [0.15, 0.2) is 6.61 Å². The number of aromatic nitrogens is 2. The number of hydrogen-bond donors (Lipinski definition) is 1. The number of halogens is 1. The first-order chi connectivity index (χ1) is 10.1. The van der Waals surface area contributed by atoms with Gasteiger partial charge >= 0.3 is 0 Å². The second-order valence-electron chi connectivity index (χ2n) is 4.87. The Morgan fingerprint density at radius 2 is 2.05 bits per heavy atom. The van der Waals surface area contributed by atoms with Crippen LogP contribution in [-0.4, -0.2) is 16.2 Å². The number of ether oxygens (including phenoxy) is 1. The van der Waals surface area contributed by atoms with Gasteiger partial charge in [0.05, 0.1) is 4.47 Å². The summed E-state index contributed by atoms with van der Waals surface area (Å²) in [6.45, 7) is 4.32. The summed E-state index contributed by atoms with van der Waals surface area (Å²) in [5, 5.41) is 7.83. The molecule has 2 N–H and O–H groups in total. The van der Waals surface area contributed by atoms with E-state index in [9.17, 15) is 0 Å². The standard InChI is InChI=1S/C15H20BrN3O2/c1-3-11(17)7-10-5-6-13(12(16)8-10)20-9-15-19-18-14(4-2)21-15/h5-6,8,11H,3-4,7,9,17H2,1-2H3. The van der Waals surface area contributed by atoms with E-state index in [0.29, 0.717) is 11.8 Å².